The summed E-state index contributed by atoms with van der Waals surface area (Å²) in [6, 6.07) is 30.6. The van der Waals surface area contributed by atoms with Gasteiger partial charge in [-0.1, -0.05) is 47.5 Å². The van der Waals surface area contributed by atoms with E-state index in [2.05, 4.69) is 171 Å². The first-order chi connectivity index (χ1) is 25.9. The highest BCUT2D eigenvalue weighted by Crippen LogP contribution is 2.43. The van der Waals surface area contributed by atoms with Crippen molar-refractivity contribution >= 4 is 69.5 Å². The Balaban J connectivity index is 1.27. The van der Waals surface area contributed by atoms with Gasteiger partial charge < -0.3 is 9.80 Å². The summed E-state index contributed by atoms with van der Waals surface area (Å²) < 4.78 is 5.01. The number of nitrogens with zero attached hydrogens (tertiary/aromatic N) is 4. The largest absolute Gasteiger partial charge is 0.372 e. The number of hydrogen-bond acceptors (Lipinski definition) is 2. The predicted molar refractivity (Wildman–Crippen MR) is 236 cm³/mol. The number of hydrogen-bond donors (Lipinski definition) is 0. The van der Waals surface area contributed by atoms with E-state index in [1.54, 1.807) is 0 Å². The van der Waals surface area contributed by atoms with Gasteiger partial charge in [-0.05, 0) is 127 Å². The lowest BCUT2D eigenvalue weighted by molar-refractivity contribution is -0.451. The Labute approximate surface area is 334 Å². The fourth-order valence-electron chi connectivity index (χ4n) is 8.46. The van der Waals surface area contributed by atoms with Crippen LogP contribution < -0.4 is 9.80 Å². The maximum atomic E-state index is 6.64. The van der Waals surface area contributed by atoms with Gasteiger partial charge in [-0.15, -0.1) is 0 Å². The quantitative estimate of drug-likeness (QED) is 0.0884. The number of rotatable bonds is 15. The number of fused-ring (bicyclic) bond motifs is 2. The van der Waals surface area contributed by atoms with Gasteiger partial charge in [0.1, 0.15) is 13.1 Å². The van der Waals surface area contributed by atoms with Crippen LogP contribution in [0.4, 0.5) is 22.7 Å². The Morgan fingerprint density at radius 3 is 1.19 bits per heavy atom. The van der Waals surface area contributed by atoms with Crippen LogP contribution in [0.5, 0.6) is 0 Å². The molecule has 0 spiro atoms. The molecule has 0 radical (unpaired) electrons. The van der Waals surface area contributed by atoms with Gasteiger partial charge in [-0.25, -0.2) is 0 Å². The van der Waals surface area contributed by atoms with Crippen molar-refractivity contribution < 1.29 is 9.15 Å². The van der Waals surface area contributed by atoms with Gasteiger partial charge in [0.15, 0.2) is 11.4 Å². The maximum Gasteiger partial charge on any atom is 0.211 e. The minimum absolute atomic E-state index is 0.151. The molecule has 0 aromatic heterocycles. The minimum Gasteiger partial charge on any atom is -0.372 e. The second-order valence-electron chi connectivity index (χ2n) is 15.5. The van der Waals surface area contributed by atoms with Gasteiger partial charge in [0.05, 0.1) is 10.8 Å². The fourth-order valence-corrected chi connectivity index (χ4v) is 8.79. The van der Waals surface area contributed by atoms with E-state index in [-0.39, 0.29) is 10.8 Å². The molecule has 0 bridgehead atoms. The summed E-state index contributed by atoms with van der Waals surface area (Å²) in [4.78, 5) is 4.76. The summed E-state index contributed by atoms with van der Waals surface area (Å²) in [5, 5.41) is 1.54. The van der Waals surface area contributed by atoms with Crippen molar-refractivity contribution in [2.24, 2.45) is 0 Å². The molecule has 6 rings (SSSR count). The van der Waals surface area contributed by atoms with Crippen molar-refractivity contribution in [3.05, 3.63) is 129 Å². The highest BCUT2D eigenvalue weighted by molar-refractivity contribution is 6.31. The number of anilines is 2. The molecule has 0 saturated carbocycles. The molecule has 6 heteroatoms. The highest BCUT2D eigenvalue weighted by Gasteiger charge is 2.46. The first-order valence-electron chi connectivity index (χ1n) is 19.9. The van der Waals surface area contributed by atoms with Crippen LogP contribution in [0.25, 0.3) is 12.2 Å². The number of benzene rings is 4. The minimum atomic E-state index is -0.151. The molecule has 0 unspecified atom stereocenters. The number of allylic oxidation sites excluding steroid dienone is 2. The lowest BCUT2D eigenvalue weighted by Crippen LogP contribution is -2.28. The molecule has 0 atom stereocenters. The number of halogens is 2. The fraction of sp³-hybridized carbons (Fsp3) is 0.375. The van der Waals surface area contributed by atoms with E-state index < -0.39 is 0 Å². The highest BCUT2D eigenvalue weighted by atomic mass is 35.5. The molecule has 4 nitrogen and oxygen atoms in total. The van der Waals surface area contributed by atoms with Gasteiger partial charge in [-0.3, -0.25) is 0 Å². The van der Waals surface area contributed by atoms with Crippen LogP contribution in [0.1, 0.15) is 90.5 Å². The van der Waals surface area contributed by atoms with Gasteiger partial charge in [-0.2, -0.15) is 9.15 Å². The number of unbranched alkanes of at least 4 members (excludes halogenated alkanes) is 1. The summed E-state index contributed by atoms with van der Waals surface area (Å²) >= 11 is 13.3. The SMILES string of the molecule is CCN(CC)c1ccc(/C=C/C2=[N+](CCCC[N+]3=C(/C=C/c4ccc(N(CC)CC)cc4)C(C)(C)c4ccc(Cl)cc43)c3cc(Cl)ccc3C2(C)C)cc1. The van der Waals surface area contributed by atoms with Crippen LogP contribution >= 0.6 is 23.2 Å². The molecule has 2 heterocycles. The van der Waals surface area contributed by atoms with Crippen LogP contribution in [0, 0.1) is 0 Å². The summed E-state index contributed by atoms with van der Waals surface area (Å²) in [5.74, 6) is 0. The standard InChI is InChI=1S/C48H58Cl2N4/c1-9-51(10-2)39-23-15-35(16-24-39)19-29-45-47(5,6)41-27-21-37(49)33-43(41)53(45)31-13-14-32-54-44-34-38(50)22-28-42(44)48(7,8)46(54)30-20-36-17-25-40(26-18-36)52(11-3)12-4/h15-30,33-34H,9-14,31-32H2,1-8H3/q+2. The molecule has 0 saturated heterocycles. The van der Waals surface area contributed by atoms with Crippen molar-refractivity contribution in [3.8, 4) is 0 Å². The summed E-state index contributed by atoms with van der Waals surface area (Å²) in [7, 11) is 0. The van der Waals surface area contributed by atoms with Crippen LogP contribution in [0.3, 0.4) is 0 Å². The van der Waals surface area contributed by atoms with E-state index in [1.165, 1.54) is 56.4 Å². The lowest BCUT2D eigenvalue weighted by Gasteiger charge is -2.20. The van der Waals surface area contributed by atoms with Crippen LogP contribution in [0.2, 0.25) is 10.0 Å². The molecule has 2 aliphatic heterocycles. The zero-order valence-corrected chi connectivity index (χ0v) is 35.1. The van der Waals surface area contributed by atoms with Crippen LogP contribution in [-0.4, -0.2) is 59.8 Å². The van der Waals surface area contributed by atoms with Gasteiger partial charge in [0.25, 0.3) is 0 Å². The topological polar surface area (TPSA) is 12.5 Å². The summed E-state index contributed by atoms with van der Waals surface area (Å²) in [6.45, 7) is 24.0. The van der Waals surface area contributed by atoms with E-state index in [1.807, 2.05) is 12.1 Å². The smallest absolute Gasteiger partial charge is 0.211 e. The first kappa shape index (κ1) is 39.6. The Kier molecular flexibility index (Phi) is 12.2. The van der Waals surface area contributed by atoms with Gasteiger partial charge in [0.2, 0.25) is 11.4 Å². The van der Waals surface area contributed by atoms with Crippen LogP contribution in [0.15, 0.2) is 97.1 Å². The third-order valence-corrected chi connectivity index (χ3v) is 12.1. The average Bonchev–Trinajstić information content (AvgIpc) is 3.50. The second-order valence-corrected chi connectivity index (χ2v) is 16.4. The molecular weight excluding hydrogens is 703 g/mol. The molecule has 0 fully saturated rings. The van der Waals surface area contributed by atoms with E-state index in [4.69, 9.17) is 23.2 Å². The zero-order chi connectivity index (χ0) is 38.6. The Morgan fingerprint density at radius 1 is 0.500 bits per heavy atom. The van der Waals surface area contributed by atoms with Crippen molar-refractivity contribution in [3.63, 3.8) is 0 Å². The predicted octanol–water partition coefficient (Wildman–Crippen LogP) is 12.3. The molecular formula is C48H58Cl2N4+2. The summed E-state index contributed by atoms with van der Waals surface area (Å²) in [5.41, 5.74) is 12.3. The molecule has 4 aromatic rings. The van der Waals surface area contributed by atoms with E-state index >= 15 is 0 Å². The van der Waals surface area contributed by atoms with Crippen molar-refractivity contribution in [1.29, 1.82) is 0 Å². The normalized spacial score (nSPS) is 15.8. The van der Waals surface area contributed by atoms with Gasteiger partial charge >= 0.3 is 0 Å². The Morgan fingerprint density at radius 2 is 0.852 bits per heavy atom. The first-order valence-corrected chi connectivity index (χ1v) is 20.6. The van der Waals surface area contributed by atoms with Gasteiger partial charge in [0, 0.05) is 95.9 Å². The third kappa shape index (κ3) is 7.97. The molecule has 0 N–H and O–H groups in total. The van der Waals surface area contributed by atoms with Crippen LogP contribution in [-0.2, 0) is 10.8 Å². The van der Waals surface area contributed by atoms with E-state index in [0.29, 0.717) is 0 Å². The lowest BCUT2D eigenvalue weighted by atomic mass is 9.81. The van der Waals surface area contributed by atoms with E-state index in [0.717, 1.165) is 62.2 Å². The maximum absolute atomic E-state index is 6.64. The molecule has 4 aromatic carbocycles. The second kappa shape index (κ2) is 16.7. The molecule has 2 aliphatic rings. The Bertz CT molecular complexity index is 1930. The van der Waals surface area contributed by atoms with Crippen molar-refractivity contribution in [2.75, 3.05) is 49.1 Å². The molecule has 282 valence electrons. The Hall–Kier alpha value is -4.12. The van der Waals surface area contributed by atoms with E-state index in [9.17, 15) is 0 Å². The molecule has 54 heavy (non-hydrogen) atoms. The zero-order valence-electron chi connectivity index (χ0n) is 33.6. The molecule has 0 aliphatic carbocycles. The third-order valence-electron chi connectivity index (χ3n) is 11.6. The summed E-state index contributed by atoms with van der Waals surface area (Å²) in [6.07, 6.45) is 11.2. The van der Waals surface area contributed by atoms with Crippen molar-refractivity contribution in [2.45, 2.75) is 79.1 Å². The molecule has 0 amide bonds. The van der Waals surface area contributed by atoms with Crippen molar-refractivity contribution in [1.82, 2.24) is 0 Å². The average molecular weight is 762 g/mol. The monoisotopic (exact) mass is 760 g/mol.